The quantitative estimate of drug-likeness (QED) is 0.857. The summed E-state index contributed by atoms with van der Waals surface area (Å²) in [5.41, 5.74) is 2.96. The molecule has 0 saturated heterocycles. The van der Waals surface area contributed by atoms with E-state index in [0.29, 0.717) is 22.9 Å². The van der Waals surface area contributed by atoms with Gasteiger partial charge in [0.05, 0.1) is 0 Å². The fourth-order valence-electron chi connectivity index (χ4n) is 5.27. The first-order valence-corrected chi connectivity index (χ1v) is 7.43. The summed E-state index contributed by atoms with van der Waals surface area (Å²) in [5, 5.41) is 16.5. The molecular formula is C15H20N2O2. The number of aromatic carboxylic acids is 1. The molecule has 2 saturated carbocycles. The molecule has 4 aliphatic rings. The molecular weight excluding hydrogens is 240 g/mol. The largest absolute Gasteiger partial charge is 0.476 e. The molecule has 1 aromatic heterocycles. The van der Waals surface area contributed by atoms with Gasteiger partial charge in [0.15, 0.2) is 5.69 Å². The summed E-state index contributed by atoms with van der Waals surface area (Å²) < 4.78 is 0. The Balaban J connectivity index is 1.88. The van der Waals surface area contributed by atoms with Gasteiger partial charge in [0.2, 0.25) is 0 Å². The van der Waals surface area contributed by atoms with Crippen molar-refractivity contribution in [1.29, 1.82) is 0 Å². The van der Waals surface area contributed by atoms with Crippen LogP contribution in [0.2, 0.25) is 0 Å². The molecule has 5 rings (SSSR count). The topological polar surface area (TPSA) is 66.0 Å². The van der Waals surface area contributed by atoms with Gasteiger partial charge >= 0.3 is 5.97 Å². The van der Waals surface area contributed by atoms with Crippen molar-refractivity contribution in [1.82, 2.24) is 10.2 Å². The van der Waals surface area contributed by atoms with Crippen LogP contribution in [0.25, 0.3) is 0 Å². The summed E-state index contributed by atoms with van der Waals surface area (Å²) in [7, 11) is 0. The van der Waals surface area contributed by atoms with Crippen molar-refractivity contribution >= 4 is 5.97 Å². The van der Waals surface area contributed by atoms with Gasteiger partial charge in [0.1, 0.15) is 0 Å². The lowest BCUT2D eigenvalue weighted by atomic mass is 9.57. The molecule has 1 heterocycles. The van der Waals surface area contributed by atoms with E-state index in [1.54, 1.807) is 0 Å². The van der Waals surface area contributed by atoms with Gasteiger partial charge in [-0.2, -0.15) is 5.10 Å². The smallest absolute Gasteiger partial charge is 0.356 e. The molecule has 2 fully saturated rings. The summed E-state index contributed by atoms with van der Waals surface area (Å²) in [6.45, 7) is 2.30. The number of rotatable bonds is 2. The van der Waals surface area contributed by atoms with E-state index in [9.17, 15) is 9.90 Å². The van der Waals surface area contributed by atoms with E-state index in [0.717, 1.165) is 17.2 Å². The van der Waals surface area contributed by atoms with Crippen LogP contribution in [0.4, 0.5) is 0 Å². The number of carbonyl (C=O) groups is 1. The predicted octanol–water partition coefficient (Wildman–Crippen LogP) is 3.28. The summed E-state index contributed by atoms with van der Waals surface area (Å²) >= 11 is 0. The van der Waals surface area contributed by atoms with E-state index in [1.807, 2.05) is 0 Å². The molecule has 4 aliphatic carbocycles. The zero-order valence-corrected chi connectivity index (χ0v) is 11.3. The molecule has 0 amide bonds. The number of hydrogen-bond acceptors (Lipinski definition) is 2. The lowest BCUT2D eigenvalue weighted by Gasteiger charge is -2.48. The van der Waals surface area contributed by atoms with Gasteiger partial charge in [-0.15, -0.1) is 0 Å². The Kier molecular flexibility index (Phi) is 2.19. The first-order chi connectivity index (χ1) is 9.12. The van der Waals surface area contributed by atoms with Crippen molar-refractivity contribution in [3.63, 3.8) is 0 Å². The van der Waals surface area contributed by atoms with E-state index in [1.165, 1.54) is 38.5 Å². The average Bonchev–Trinajstić information content (AvgIpc) is 2.76. The Hall–Kier alpha value is -1.32. The van der Waals surface area contributed by atoms with E-state index >= 15 is 0 Å². The standard InChI is InChI=1S/C15H20N2O2/c1-2-15-5-8-3-9(6-15)11-12(10(4-8)7-15)16-17-13(11)14(18)19/h8-10H,2-7H2,1H3,(H,16,17)(H,18,19). The molecule has 0 aromatic carbocycles. The van der Waals surface area contributed by atoms with Crippen LogP contribution in [0.1, 0.15) is 79.0 Å². The number of carboxylic acid groups (broad SMARTS) is 1. The number of carboxylic acids is 1. The molecule has 4 atom stereocenters. The number of H-pyrrole nitrogens is 1. The van der Waals surface area contributed by atoms with Crippen molar-refractivity contribution in [2.45, 2.75) is 57.3 Å². The Bertz CT molecular complexity index is 550. The number of aromatic nitrogens is 2. The maximum absolute atomic E-state index is 11.4. The van der Waals surface area contributed by atoms with Crippen LogP contribution < -0.4 is 0 Å². The van der Waals surface area contributed by atoms with Gasteiger partial charge in [0, 0.05) is 17.2 Å². The number of nitrogens with one attached hydrogen (secondary N) is 1. The number of aromatic amines is 1. The van der Waals surface area contributed by atoms with Gasteiger partial charge in [-0.1, -0.05) is 13.3 Å². The normalized spacial score (nSPS) is 39.1. The number of hydrogen-bond donors (Lipinski definition) is 2. The average molecular weight is 260 g/mol. The fourth-order valence-corrected chi connectivity index (χ4v) is 5.27. The molecule has 4 heteroatoms. The number of nitrogens with zero attached hydrogens (tertiary/aromatic N) is 1. The molecule has 2 N–H and O–H groups in total. The Labute approximate surface area is 112 Å². The van der Waals surface area contributed by atoms with E-state index in [-0.39, 0.29) is 0 Å². The molecule has 4 bridgehead atoms. The highest BCUT2D eigenvalue weighted by molar-refractivity contribution is 5.87. The van der Waals surface area contributed by atoms with Crippen LogP contribution in [-0.4, -0.2) is 21.3 Å². The second-order valence-electron chi connectivity index (χ2n) is 6.90. The summed E-state index contributed by atoms with van der Waals surface area (Å²) in [4.78, 5) is 11.4. The van der Waals surface area contributed by atoms with Gasteiger partial charge in [0.25, 0.3) is 0 Å². The second kappa shape index (κ2) is 3.62. The highest BCUT2D eigenvalue weighted by Gasteiger charge is 2.51. The zero-order valence-electron chi connectivity index (χ0n) is 11.3. The highest BCUT2D eigenvalue weighted by atomic mass is 16.4. The monoisotopic (exact) mass is 260 g/mol. The maximum Gasteiger partial charge on any atom is 0.356 e. The molecule has 102 valence electrons. The first-order valence-electron chi connectivity index (χ1n) is 7.43. The molecule has 19 heavy (non-hydrogen) atoms. The van der Waals surface area contributed by atoms with Crippen LogP contribution in [0.15, 0.2) is 0 Å². The van der Waals surface area contributed by atoms with Crippen molar-refractivity contribution in [3.8, 4) is 0 Å². The maximum atomic E-state index is 11.4. The minimum Gasteiger partial charge on any atom is -0.476 e. The van der Waals surface area contributed by atoms with Gasteiger partial charge in [-0.3, -0.25) is 5.10 Å². The third-order valence-electron chi connectivity index (χ3n) is 5.92. The Morgan fingerprint density at radius 1 is 1.37 bits per heavy atom. The van der Waals surface area contributed by atoms with Crippen molar-refractivity contribution in [2.24, 2.45) is 11.3 Å². The molecule has 0 spiro atoms. The zero-order chi connectivity index (χ0) is 13.2. The Morgan fingerprint density at radius 3 is 2.84 bits per heavy atom. The summed E-state index contributed by atoms with van der Waals surface area (Å²) in [5.74, 6) is 0.858. The van der Waals surface area contributed by atoms with Crippen LogP contribution in [0.3, 0.4) is 0 Å². The molecule has 0 aliphatic heterocycles. The summed E-state index contributed by atoms with van der Waals surface area (Å²) in [6, 6.07) is 0. The fraction of sp³-hybridized carbons (Fsp3) is 0.733. The highest BCUT2D eigenvalue weighted by Crippen LogP contribution is 2.62. The first kappa shape index (κ1) is 11.5. The minimum atomic E-state index is -0.871. The van der Waals surface area contributed by atoms with Gasteiger partial charge in [-0.25, -0.2) is 4.79 Å². The van der Waals surface area contributed by atoms with Crippen LogP contribution >= 0.6 is 0 Å². The third-order valence-corrected chi connectivity index (χ3v) is 5.92. The molecule has 4 unspecified atom stereocenters. The molecule has 0 radical (unpaired) electrons. The second-order valence-corrected chi connectivity index (χ2v) is 6.90. The molecule has 1 aromatic rings. The van der Waals surface area contributed by atoms with E-state index < -0.39 is 5.97 Å². The van der Waals surface area contributed by atoms with Crippen LogP contribution in [0.5, 0.6) is 0 Å². The third kappa shape index (κ3) is 1.46. The SMILES string of the molecule is CCC12CC3CC(C1)c1[nH]nc(C(=O)O)c1C(C3)C2. The minimum absolute atomic E-state index is 0.291. The Morgan fingerprint density at radius 2 is 2.11 bits per heavy atom. The van der Waals surface area contributed by atoms with Crippen LogP contribution in [-0.2, 0) is 0 Å². The van der Waals surface area contributed by atoms with Crippen LogP contribution in [0, 0.1) is 11.3 Å². The van der Waals surface area contributed by atoms with Crippen molar-refractivity contribution < 1.29 is 9.90 Å². The predicted molar refractivity (Wildman–Crippen MR) is 70.3 cm³/mol. The molecule has 4 nitrogen and oxygen atoms in total. The lowest BCUT2D eigenvalue weighted by Crippen LogP contribution is -2.36. The van der Waals surface area contributed by atoms with Gasteiger partial charge in [-0.05, 0) is 49.4 Å². The van der Waals surface area contributed by atoms with Gasteiger partial charge < -0.3 is 5.11 Å². The van der Waals surface area contributed by atoms with E-state index in [2.05, 4.69) is 17.1 Å². The van der Waals surface area contributed by atoms with Crippen molar-refractivity contribution in [3.05, 3.63) is 17.0 Å². The van der Waals surface area contributed by atoms with Crippen molar-refractivity contribution in [2.75, 3.05) is 0 Å². The van der Waals surface area contributed by atoms with E-state index in [4.69, 9.17) is 0 Å². The summed E-state index contributed by atoms with van der Waals surface area (Å²) in [6.07, 6.45) is 7.39. The lowest BCUT2D eigenvalue weighted by molar-refractivity contribution is 0.0535.